The second-order valence-electron chi connectivity index (χ2n) is 10.3. The average molecular weight is 528 g/mol. The molecule has 0 saturated carbocycles. The van der Waals surface area contributed by atoms with Gasteiger partial charge in [0.1, 0.15) is 23.7 Å². The van der Waals surface area contributed by atoms with Gasteiger partial charge >= 0.3 is 0 Å². The molecule has 11 nitrogen and oxygen atoms in total. The molecule has 6 atom stereocenters. The third kappa shape index (κ3) is 3.85. The lowest BCUT2D eigenvalue weighted by Crippen LogP contribution is -2.53. The van der Waals surface area contributed by atoms with Crippen molar-refractivity contribution in [2.24, 2.45) is 5.73 Å². The maximum atomic E-state index is 13.6. The highest BCUT2D eigenvalue weighted by Crippen LogP contribution is 2.52. The molecular weight excluding hydrogens is 498 g/mol. The number of aromatic hydroxyl groups is 2. The van der Waals surface area contributed by atoms with Crippen molar-refractivity contribution >= 4 is 17.3 Å². The van der Waals surface area contributed by atoms with E-state index in [1.54, 1.807) is 26.0 Å². The van der Waals surface area contributed by atoms with Crippen molar-refractivity contribution in [3.05, 3.63) is 57.1 Å². The smallest absolute Gasteiger partial charge is 0.198 e. The molecule has 1 fully saturated rings. The van der Waals surface area contributed by atoms with Gasteiger partial charge < -0.3 is 40.7 Å². The summed E-state index contributed by atoms with van der Waals surface area (Å²) < 4.78 is 11.7. The average Bonchev–Trinajstić information content (AvgIpc) is 2.86. The fraction of sp³-hybridized carbons (Fsp3) is 0.444. The molecule has 0 amide bonds. The van der Waals surface area contributed by atoms with Crippen molar-refractivity contribution in [2.45, 2.75) is 69.4 Å². The highest BCUT2D eigenvalue weighted by molar-refractivity contribution is 6.31. The first kappa shape index (κ1) is 26.4. The summed E-state index contributed by atoms with van der Waals surface area (Å²) in [5.74, 6) is -3.60. The maximum absolute atomic E-state index is 13.6. The van der Waals surface area contributed by atoms with Crippen LogP contribution in [0.3, 0.4) is 0 Å². The van der Waals surface area contributed by atoms with Crippen LogP contribution in [-0.4, -0.2) is 79.6 Å². The van der Waals surface area contributed by atoms with Crippen molar-refractivity contribution in [2.75, 3.05) is 6.61 Å². The zero-order valence-corrected chi connectivity index (χ0v) is 20.8. The number of carbonyl (C=O) groups is 3. The van der Waals surface area contributed by atoms with Crippen molar-refractivity contribution in [3.63, 3.8) is 0 Å². The van der Waals surface area contributed by atoms with Gasteiger partial charge in [0.05, 0.1) is 29.4 Å². The molecule has 0 spiro atoms. The van der Waals surface area contributed by atoms with Crippen LogP contribution in [0.1, 0.15) is 74.4 Å². The molecule has 1 aliphatic heterocycles. The molecule has 0 radical (unpaired) electrons. The molecule has 5 rings (SSSR count). The number of benzene rings is 2. The summed E-state index contributed by atoms with van der Waals surface area (Å²) in [6, 6.07) is 3.97. The molecular formula is C27H29NO10. The first-order valence-corrected chi connectivity index (χ1v) is 12.3. The van der Waals surface area contributed by atoms with Crippen molar-refractivity contribution < 1.29 is 49.4 Å². The SMILES string of the molecule is Cc1cccc2c1C(=O)c1c(O)c3c(c(O)c1C2=O)CC(O)(C(=O)CO)C[C@@H]3OC1C[C@H](N)[C@H](O)[C@H](C)O1. The Labute approximate surface area is 217 Å². The van der Waals surface area contributed by atoms with Crippen LogP contribution in [0.2, 0.25) is 0 Å². The minimum atomic E-state index is -2.22. The molecule has 2 aliphatic carbocycles. The molecule has 7 N–H and O–H groups in total. The van der Waals surface area contributed by atoms with E-state index in [4.69, 9.17) is 15.2 Å². The van der Waals surface area contributed by atoms with Crippen molar-refractivity contribution in [1.29, 1.82) is 0 Å². The van der Waals surface area contributed by atoms with Gasteiger partial charge in [-0.25, -0.2) is 0 Å². The van der Waals surface area contributed by atoms with Crippen LogP contribution >= 0.6 is 0 Å². The first-order chi connectivity index (χ1) is 17.9. The number of aliphatic hydroxyl groups excluding tert-OH is 2. The van der Waals surface area contributed by atoms with E-state index in [2.05, 4.69) is 0 Å². The largest absolute Gasteiger partial charge is 0.507 e. The number of phenols is 2. The molecule has 0 bridgehead atoms. The van der Waals surface area contributed by atoms with Crippen LogP contribution < -0.4 is 5.73 Å². The monoisotopic (exact) mass is 527 g/mol. The van der Waals surface area contributed by atoms with Crippen LogP contribution in [-0.2, 0) is 20.7 Å². The van der Waals surface area contributed by atoms with E-state index in [0.29, 0.717) is 5.56 Å². The topological polar surface area (TPSA) is 197 Å². The molecule has 11 heteroatoms. The highest BCUT2D eigenvalue weighted by Gasteiger charge is 2.50. The molecule has 0 aromatic heterocycles. The van der Waals surface area contributed by atoms with Crippen LogP contribution in [0.5, 0.6) is 11.5 Å². The van der Waals surface area contributed by atoms with Gasteiger partial charge in [0.15, 0.2) is 23.6 Å². The Balaban J connectivity index is 1.68. The number of ketones is 3. The van der Waals surface area contributed by atoms with Crippen LogP contribution in [0.4, 0.5) is 0 Å². The zero-order chi connectivity index (χ0) is 27.7. The molecule has 2 unspecified atom stereocenters. The predicted octanol–water partition coefficient (Wildman–Crippen LogP) is 0.301. The Morgan fingerprint density at radius 1 is 1.16 bits per heavy atom. The summed E-state index contributed by atoms with van der Waals surface area (Å²) in [7, 11) is 0. The van der Waals surface area contributed by atoms with E-state index in [0.717, 1.165) is 0 Å². The number of rotatable bonds is 4. The zero-order valence-electron chi connectivity index (χ0n) is 20.8. The Morgan fingerprint density at radius 3 is 2.50 bits per heavy atom. The minimum absolute atomic E-state index is 0.0331. The van der Waals surface area contributed by atoms with E-state index in [1.807, 2.05) is 0 Å². The Kier molecular flexibility index (Phi) is 6.41. The summed E-state index contributed by atoms with van der Waals surface area (Å²) in [6.45, 7) is 2.23. The number of nitrogens with two attached hydrogens (primary N) is 1. The molecule has 38 heavy (non-hydrogen) atoms. The van der Waals surface area contributed by atoms with Crippen molar-refractivity contribution in [3.8, 4) is 11.5 Å². The molecule has 2 aromatic rings. The quantitative estimate of drug-likeness (QED) is 0.255. The summed E-state index contributed by atoms with van der Waals surface area (Å²) in [4.78, 5) is 39.6. The lowest BCUT2D eigenvalue weighted by atomic mass is 9.71. The van der Waals surface area contributed by atoms with Crippen LogP contribution in [0.15, 0.2) is 18.2 Å². The van der Waals surface area contributed by atoms with Gasteiger partial charge in [0.25, 0.3) is 0 Å². The van der Waals surface area contributed by atoms with E-state index < -0.39 is 95.7 Å². The summed E-state index contributed by atoms with van der Waals surface area (Å²) in [5.41, 5.74) is 3.38. The Morgan fingerprint density at radius 2 is 1.84 bits per heavy atom. The van der Waals surface area contributed by atoms with Gasteiger partial charge in [-0.1, -0.05) is 18.2 Å². The number of Topliss-reactive ketones (excluding diaryl/α,β-unsaturated/α-hetero) is 1. The van der Waals surface area contributed by atoms with Gasteiger partial charge in [0, 0.05) is 47.6 Å². The summed E-state index contributed by atoms with van der Waals surface area (Å²) in [5, 5.41) is 53.6. The van der Waals surface area contributed by atoms with Crippen LogP contribution in [0, 0.1) is 6.92 Å². The van der Waals surface area contributed by atoms with Gasteiger partial charge in [-0.2, -0.15) is 0 Å². The minimum Gasteiger partial charge on any atom is -0.507 e. The predicted molar refractivity (Wildman–Crippen MR) is 130 cm³/mol. The summed E-state index contributed by atoms with van der Waals surface area (Å²) in [6.07, 6.45) is -4.98. The van der Waals surface area contributed by atoms with E-state index in [1.165, 1.54) is 6.07 Å². The molecule has 2 aromatic carbocycles. The van der Waals surface area contributed by atoms with Gasteiger partial charge in [-0.15, -0.1) is 0 Å². The summed E-state index contributed by atoms with van der Waals surface area (Å²) >= 11 is 0. The Hall–Kier alpha value is -3.19. The molecule has 1 heterocycles. The fourth-order valence-electron chi connectivity index (χ4n) is 5.78. The fourth-order valence-corrected chi connectivity index (χ4v) is 5.78. The Bertz CT molecular complexity index is 1360. The standard InChI is InChI=1S/C27H29NO10/c1-10-4-3-5-12-18(10)25(34)21-20(23(12)32)24(33)13-7-27(36,16(30)9-29)8-15(19(13)26(21)35)38-17-6-14(28)22(31)11(2)37-17/h3-5,11,14-15,17,22,29,31,33,35-36H,6-9,28H2,1-2H3/t11-,14-,15-,17?,22+,27?/m0/s1. The molecule has 202 valence electrons. The second kappa shape index (κ2) is 9.23. The van der Waals surface area contributed by atoms with E-state index in [9.17, 15) is 39.9 Å². The molecule has 1 saturated heterocycles. The number of aryl methyl sites for hydroxylation is 1. The second-order valence-corrected chi connectivity index (χ2v) is 10.3. The highest BCUT2D eigenvalue weighted by atomic mass is 16.7. The number of phenolic OH excluding ortho intramolecular Hbond substituents is 2. The number of hydrogen-bond acceptors (Lipinski definition) is 11. The van der Waals surface area contributed by atoms with E-state index >= 15 is 0 Å². The number of fused-ring (bicyclic) bond motifs is 3. The third-order valence-electron chi connectivity index (χ3n) is 7.83. The van der Waals surface area contributed by atoms with Crippen molar-refractivity contribution in [1.82, 2.24) is 0 Å². The first-order valence-electron chi connectivity index (χ1n) is 12.3. The van der Waals surface area contributed by atoms with Gasteiger partial charge in [-0.05, 0) is 19.4 Å². The number of ether oxygens (including phenoxy) is 2. The maximum Gasteiger partial charge on any atom is 0.198 e. The lowest BCUT2D eigenvalue weighted by Gasteiger charge is -2.42. The number of hydrogen-bond donors (Lipinski definition) is 6. The number of carbonyl (C=O) groups excluding carboxylic acids is 3. The van der Waals surface area contributed by atoms with E-state index in [-0.39, 0.29) is 28.7 Å². The normalized spacial score (nSPS) is 30.4. The lowest BCUT2D eigenvalue weighted by molar-refractivity contribution is -0.247. The number of aliphatic hydroxyl groups is 3. The third-order valence-corrected chi connectivity index (χ3v) is 7.83. The van der Waals surface area contributed by atoms with Gasteiger partial charge in [-0.3, -0.25) is 14.4 Å². The molecule has 3 aliphatic rings. The van der Waals surface area contributed by atoms with Crippen LogP contribution in [0.25, 0.3) is 0 Å². The van der Waals surface area contributed by atoms with Gasteiger partial charge in [0.2, 0.25) is 0 Å².